The summed E-state index contributed by atoms with van der Waals surface area (Å²) in [6, 6.07) is 5.93. The van der Waals surface area contributed by atoms with Crippen LogP contribution in [-0.2, 0) is 0 Å². The Balaban J connectivity index is 2.49. The van der Waals surface area contributed by atoms with Crippen LogP contribution in [0.3, 0.4) is 0 Å². The van der Waals surface area contributed by atoms with Gasteiger partial charge in [0.15, 0.2) is 0 Å². The SMILES string of the molecule is O=C([O-])c1cccc(-[n+]2cc(=O)o[nH]2)c1. The Morgan fingerprint density at radius 3 is 2.87 bits per heavy atom. The van der Waals surface area contributed by atoms with E-state index in [0.717, 1.165) is 6.20 Å². The first-order chi connectivity index (χ1) is 7.16. The van der Waals surface area contributed by atoms with Crippen molar-refractivity contribution < 1.29 is 19.1 Å². The molecule has 6 nitrogen and oxygen atoms in total. The molecule has 1 heterocycles. The highest BCUT2D eigenvalue weighted by Gasteiger charge is 2.10. The van der Waals surface area contributed by atoms with Crippen LogP contribution in [0.2, 0.25) is 0 Å². The molecule has 0 unspecified atom stereocenters. The van der Waals surface area contributed by atoms with E-state index in [1.165, 1.54) is 16.8 Å². The Labute approximate surface area is 83.3 Å². The number of carboxylic acids is 1. The van der Waals surface area contributed by atoms with Gasteiger partial charge in [-0.1, -0.05) is 12.1 Å². The third-order valence-electron chi connectivity index (χ3n) is 1.84. The molecule has 76 valence electrons. The zero-order valence-corrected chi connectivity index (χ0v) is 7.47. The first kappa shape index (κ1) is 9.20. The molecule has 0 radical (unpaired) electrons. The summed E-state index contributed by atoms with van der Waals surface area (Å²) in [6.07, 6.45) is 1.16. The van der Waals surface area contributed by atoms with E-state index in [9.17, 15) is 14.7 Å². The number of aromatic nitrogens is 2. The molecule has 1 N–H and O–H groups in total. The molecule has 0 bridgehead atoms. The highest BCUT2D eigenvalue weighted by atomic mass is 16.5. The molecule has 0 fully saturated rings. The molecule has 0 aliphatic heterocycles. The largest absolute Gasteiger partial charge is 0.545 e. The average Bonchev–Trinajstić information content (AvgIpc) is 2.65. The van der Waals surface area contributed by atoms with Crippen LogP contribution in [0.25, 0.3) is 5.69 Å². The molecule has 0 spiro atoms. The fourth-order valence-corrected chi connectivity index (χ4v) is 1.16. The molecular weight excluding hydrogens is 200 g/mol. The summed E-state index contributed by atoms with van der Waals surface area (Å²) in [5.74, 6) is -1.27. The van der Waals surface area contributed by atoms with Gasteiger partial charge in [0.1, 0.15) is 0 Å². The van der Waals surface area contributed by atoms with Gasteiger partial charge in [0.05, 0.1) is 5.97 Å². The second-order valence-electron chi connectivity index (χ2n) is 2.85. The van der Waals surface area contributed by atoms with Gasteiger partial charge in [-0.3, -0.25) is 4.52 Å². The molecule has 1 aromatic carbocycles. The summed E-state index contributed by atoms with van der Waals surface area (Å²) >= 11 is 0. The normalized spacial score (nSPS) is 10.1. The Hall–Kier alpha value is -2.37. The smallest absolute Gasteiger partial charge is 0.427 e. The number of aromatic amines is 1. The molecule has 0 saturated carbocycles. The maximum absolute atomic E-state index is 10.7. The lowest BCUT2D eigenvalue weighted by molar-refractivity contribution is -0.670. The molecule has 0 aliphatic rings. The number of nitrogens with zero attached hydrogens (tertiary/aromatic N) is 1. The van der Waals surface area contributed by atoms with Crippen molar-refractivity contribution in [2.45, 2.75) is 0 Å². The van der Waals surface area contributed by atoms with Gasteiger partial charge in [-0.15, -0.1) is 0 Å². The minimum atomic E-state index is -1.27. The van der Waals surface area contributed by atoms with E-state index in [2.05, 4.69) is 9.79 Å². The van der Waals surface area contributed by atoms with E-state index in [-0.39, 0.29) is 5.56 Å². The third-order valence-corrected chi connectivity index (χ3v) is 1.84. The second-order valence-corrected chi connectivity index (χ2v) is 2.85. The maximum Gasteiger partial charge on any atom is 0.427 e. The van der Waals surface area contributed by atoms with Crippen LogP contribution < -0.4 is 15.4 Å². The number of rotatable bonds is 2. The first-order valence-electron chi connectivity index (χ1n) is 4.09. The van der Waals surface area contributed by atoms with Crippen molar-refractivity contribution in [2.75, 3.05) is 0 Å². The predicted octanol–water partition coefficient (Wildman–Crippen LogP) is -1.39. The van der Waals surface area contributed by atoms with Crippen molar-refractivity contribution in [3.63, 3.8) is 0 Å². The number of carboxylic acid groups (broad SMARTS) is 1. The number of hydrogen-bond acceptors (Lipinski definition) is 4. The third kappa shape index (κ3) is 1.78. The van der Waals surface area contributed by atoms with Crippen molar-refractivity contribution >= 4 is 5.97 Å². The van der Waals surface area contributed by atoms with Crippen LogP contribution in [0.5, 0.6) is 0 Å². The van der Waals surface area contributed by atoms with Gasteiger partial charge < -0.3 is 9.90 Å². The van der Waals surface area contributed by atoms with E-state index in [0.29, 0.717) is 5.69 Å². The van der Waals surface area contributed by atoms with Gasteiger partial charge in [-0.2, -0.15) is 0 Å². The maximum atomic E-state index is 10.7. The van der Waals surface area contributed by atoms with Gasteiger partial charge in [-0.25, -0.2) is 4.79 Å². The minimum absolute atomic E-state index is 0.0297. The van der Waals surface area contributed by atoms with Crippen molar-refractivity contribution in [2.24, 2.45) is 0 Å². The fourth-order valence-electron chi connectivity index (χ4n) is 1.16. The van der Waals surface area contributed by atoms with E-state index in [1.807, 2.05) is 0 Å². The Bertz CT molecular complexity index is 555. The molecule has 6 heteroatoms. The molecule has 0 saturated heterocycles. The number of nitrogens with one attached hydrogen (secondary N) is 1. The van der Waals surface area contributed by atoms with E-state index in [4.69, 9.17) is 0 Å². The highest BCUT2D eigenvalue weighted by Crippen LogP contribution is 2.02. The lowest BCUT2D eigenvalue weighted by atomic mass is 10.2. The number of hydrogen-bond donors (Lipinski definition) is 1. The van der Waals surface area contributed by atoms with Gasteiger partial charge in [0, 0.05) is 17.7 Å². The highest BCUT2D eigenvalue weighted by molar-refractivity contribution is 5.86. The number of benzene rings is 1. The lowest BCUT2D eigenvalue weighted by Gasteiger charge is -1.99. The molecule has 0 amide bonds. The summed E-state index contributed by atoms with van der Waals surface area (Å²) < 4.78 is 5.71. The zero-order valence-electron chi connectivity index (χ0n) is 7.47. The molecule has 1 aromatic heterocycles. The van der Waals surface area contributed by atoms with E-state index >= 15 is 0 Å². The lowest BCUT2D eigenvalue weighted by Crippen LogP contribution is -2.33. The molecule has 2 rings (SSSR count). The number of aromatic carboxylic acids is 1. The van der Waals surface area contributed by atoms with Crippen molar-refractivity contribution in [1.82, 2.24) is 5.27 Å². The topological polar surface area (TPSA) is 90.0 Å². The summed E-state index contributed by atoms with van der Waals surface area (Å²) in [6.45, 7) is 0. The molecular formula is C9H6N2O4. The number of carbonyl (C=O) groups is 1. The Kier molecular flexibility index (Phi) is 2.09. The zero-order chi connectivity index (χ0) is 10.8. The molecule has 2 aromatic rings. The standard InChI is InChI=1S/C9H6N2O4/c12-8-5-11(10-15-8)7-3-1-2-6(4-7)9(13)14/h1-5H,(H-,10,12,13,14). The Morgan fingerprint density at radius 2 is 2.27 bits per heavy atom. The summed E-state index contributed by atoms with van der Waals surface area (Å²) in [5, 5.41) is 12.9. The number of carbonyl (C=O) groups excluding carboxylic acids is 1. The summed E-state index contributed by atoms with van der Waals surface area (Å²) in [4.78, 5) is 21.3. The van der Waals surface area contributed by atoms with Crippen LogP contribution in [0.15, 0.2) is 39.8 Å². The van der Waals surface area contributed by atoms with Crippen LogP contribution in [-0.4, -0.2) is 11.2 Å². The Morgan fingerprint density at radius 1 is 1.47 bits per heavy atom. The molecule has 0 aliphatic carbocycles. The van der Waals surface area contributed by atoms with Crippen LogP contribution in [0.4, 0.5) is 0 Å². The van der Waals surface area contributed by atoms with Crippen LogP contribution in [0, 0.1) is 0 Å². The predicted molar refractivity (Wildman–Crippen MR) is 45.2 cm³/mol. The quantitative estimate of drug-likeness (QED) is 0.612. The van der Waals surface area contributed by atoms with Crippen molar-refractivity contribution in [1.29, 1.82) is 0 Å². The van der Waals surface area contributed by atoms with Crippen LogP contribution >= 0.6 is 0 Å². The van der Waals surface area contributed by atoms with E-state index in [1.54, 1.807) is 12.1 Å². The minimum Gasteiger partial charge on any atom is -0.545 e. The number of H-pyrrole nitrogens is 1. The monoisotopic (exact) mass is 206 g/mol. The summed E-state index contributed by atoms with van der Waals surface area (Å²) in [7, 11) is 0. The summed E-state index contributed by atoms with van der Waals surface area (Å²) in [5.41, 5.74) is -0.0431. The van der Waals surface area contributed by atoms with Gasteiger partial charge >= 0.3 is 5.63 Å². The second kappa shape index (κ2) is 3.41. The average molecular weight is 206 g/mol. The van der Waals surface area contributed by atoms with Crippen molar-refractivity contribution in [3.05, 3.63) is 46.4 Å². The fraction of sp³-hybridized carbons (Fsp3) is 0. The van der Waals surface area contributed by atoms with E-state index < -0.39 is 11.6 Å². The van der Waals surface area contributed by atoms with Crippen LogP contribution in [0.1, 0.15) is 10.4 Å². The molecule has 15 heavy (non-hydrogen) atoms. The molecule has 0 atom stereocenters. The van der Waals surface area contributed by atoms with Crippen molar-refractivity contribution in [3.8, 4) is 5.69 Å². The van der Waals surface area contributed by atoms with Gasteiger partial charge in [0.2, 0.25) is 5.69 Å². The van der Waals surface area contributed by atoms with Gasteiger partial charge in [0.25, 0.3) is 6.20 Å². The van der Waals surface area contributed by atoms with Gasteiger partial charge in [-0.05, 0) is 9.95 Å². The first-order valence-corrected chi connectivity index (χ1v) is 4.09.